The van der Waals surface area contributed by atoms with Gasteiger partial charge in [0.05, 0.1) is 4.34 Å². The first-order valence-corrected chi connectivity index (χ1v) is 8.02. The van der Waals surface area contributed by atoms with Crippen molar-refractivity contribution in [2.45, 2.75) is 10.9 Å². The van der Waals surface area contributed by atoms with E-state index in [0.29, 0.717) is 0 Å². The van der Waals surface area contributed by atoms with E-state index in [-0.39, 0.29) is 6.04 Å². The Bertz CT molecular complexity index is 501. The summed E-state index contributed by atoms with van der Waals surface area (Å²) < 4.78 is 1.91. The molecule has 2 rings (SSSR count). The highest BCUT2D eigenvalue weighted by molar-refractivity contribution is 9.10. The van der Waals surface area contributed by atoms with Crippen LogP contribution in [0.3, 0.4) is 0 Å². The van der Waals surface area contributed by atoms with Gasteiger partial charge in [0.1, 0.15) is 0 Å². The number of nitrogens with two attached hydrogens (primary N) is 1. The van der Waals surface area contributed by atoms with Gasteiger partial charge in [0.2, 0.25) is 0 Å². The quantitative estimate of drug-likeness (QED) is 0.791. The van der Waals surface area contributed by atoms with Crippen LogP contribution in [0.2, 0.25) is 4.34 Å². The van der Waals surface area contributed by atoms with Gasteiger partial charge in [-0.2, -0.15) is 0 Å². The van der Waals surface area contributed by atoms with Crippen LogP contribution < -0.4 is 5.73 Å². The molecule has 0 bridgehead atoms. The lowest BCUT2D eigenvalue weighted by Crippen LogP contribution is -2.11. The van der Waals surface area contributed by atoms with E-state index in [0.717, 1.165) is 19.4 Å². The van der Waals surface area contributed by atoms with E-state index >= 15 is 0 Å². The number of benzene rings is 1. The van der Waals surface area contributed by atoms with Gasteiger partial charge in [-0.3, -0.25) is 0 Å². The van der Waals surface area contributed by atoms with Crippen molar-refractivity contribution < 1.29 is 0 Å². The van der Waals surface area contributed by atoms with Crippen LogP contribution in [0.15, 0.2) is 45.8 Å². The van der Waals surface area contributed by atoms with Crippen molar-refractivity contribution in [3.63, 3.8) is 0 Å². The molecule has 0 spiro atoms. The minimum absolute atomic E-state index is 0.0320. The maximum atomic E-state index is 6.12. The molecule has 1 heterocycles. The molecule has 1 aromatic heterocycles. The van der Waals surface area contributed by atoms with Gasteiger partial charge in [0.15, 0.2) is 0 Å². The summed E-state index contributed by atoms with van der Waals surface area (Å²) in [5, 5.41) is 0. The zero-order valence-corrected chi connectivity index (χ0v) is 12.9. The molecule has 1 atom stereocenters. The van der Waals surface area contributed by atoms with Crippen LogP contribution in [-0.4, -0.2) is 5.75 Å². The highest BCUT2D eigenvalue weighted by Crippen LogP contribution is 2.32. The van der Waals surface area contributed by atoms with E-state index in [2.05, 4.69) is 22.0 Å². The van der Waals surface area contributed by atoms with Crippen molar-refractivity contribution >= 4 is 50.6 Å². The fraction of sp³-hybridized carbons (Fsp3) is 0.167. The van der Waals surface area contributed by atoms with Gasteiger partial charge in [0.25, 0.3) is 0 Å². The van der Waals surface area contributed by atoms with E-state index in [1.54, 1.807) is 23.1 Å². The first kappa shape index (κ1) is 13.4. The maximum absolute atomic E-state index is 6.12. The Hall–Kier alpha value is -0.0000000000000000278. The molecule has 0 aliphatic heterocycles. The Morgan fingerprint density at radius 3 is 2.71 bits per heavy atom. The van der Waals surface area contributed by atoms with Gasteiger partial charge in [-0.1, -0.05) is 23.7 Å². The molecular formula is C12H11BrClNS2. The molecule has 0 radical (unpaired) electrons. The lowest BCUT2D eigenvalue weighted by Gasteiger charge is -2.09. The number of halogens is 2. The van der Waals surface area contributed by atoms with Crippen LogP contribution in [0.25, 0.3) is 0 Å². The molecule has 2 N–H and O–H groups in total. The zero-order chi connectivity index (χ0) is 12.3. The van der Waals surface area contributed by atoms with Crippen molar-refractivity contribution in [3.8, 4) is 0 Å². The normalized spacial score (nSPS) is 12.6. The average molecular weight is 349 g/mol. The second-order valence-electron chi connectivity index (χ2n) is 3.49. The van der Waals surface area contributed by atoms with Crippen LogP contribution in [-0.2, 0) is 0 Å². The fourth-order valence-electron chi connectivity index (χ4n) is 1.35. The zero-order valence-electron chi connectivity index (χ0n) is 8.90. The minimum atomic E-state index is 0.0320. The molecule has 0 amide bonds. The molecular weight excluding hydrogens is 338 g/mol. The summed E-state index contributed by atoms with van der Waals surface area (Å²) in [5.74, 6) is 0.847. The Labute approximate surface area is 122 Å². The highest BCUT2D eigenvalue weighted by Gasteiger charge is 2.10. The van der Waals surface area contributed by atoms with E-state index < -0.39 is 0 Å². The largest absolute Gasteiger partial charge is 0.323 e. The first-order valence-electron chi connectivity index (χ1n) is 5.05. The maximum Gasteiger partial charge on any atom is 0.0931 e. The standard InChI is InChI=1S/C12H11BrClNS2/c13-8-3-1-2-4-10(8)16-7-9(15)11-5-6-12(14)17-11/h1-6,9H,7,15H2. The molecule has 1 nitrogen and oxygen atoms in total. The summed E-state index contributed by atoms with van der Waals surface area (Å²) in [6.45, 7) is 0. The van der Waals surface area contributed by atoms with Crippen LogP contribution in [0, 0.1) is 0 Å². The topological polar surface area (TPSA) is 26.0 Å². The predicted octanol–water partition coefficient (Wildman–Crippen LogP) is 4.96. The van der Waals surface area contributed by atoms with Gasteiger partial charge in [-0.15, -0.1) is 23.1 Å². The Morgan fingerprint density at radius 2 is 2.06 bits per heavy atom. The highest BCUT2D eigenvalue weighted by atomic mass is 79.9. The molecule has 0 aliphatic rings. The average Bonchev–Trinajstić information content (AvgIpc) is 2.74. The van der Waals surface area contributed by atoms with Crippen molar-refractivity contribution in [1.82, 2.24) is 0 Å². The van der Waals surface area contributed by atoms with Crippen molar-refractivity contribution in [2.24, 2.45) is 5.73 Å². The third-order valence-corrected chi connectivity index (χ3v) is 5.72. The van der Waals surface area contributed by atoms with Gasteiger partial charge in [0, 0.05) is 26.0 Å². The Balaban J connectivity index is 1.97. The number of thiophene rings is 1. The molecule has 1 aromatic carbocycles. The molecule has 0 saturated heterocycles. The van der Waals surface area contributed by atoms with Gasteiger partial charge >= 0.3 is 0 Å². The van der Waals surface area contributed by atoms with Crippen LogP contribution >= 0.6 is 50.6 Å². The smallest absolute Gasteiger partial charge is 0.0931 e. The minimum Gasteiger partial charge on any atom is -0.323 e. The monoisotopic (exact) mass is 347 g/mol. The van der Waals surface area contributed by atoms with Crippen molar-refractivity contribution in [1.29, 1.82) is 0 Å². The second kappa shape index (κ2) is 6.25. The van der Waals surface area contributed by atoms with Gasteiger partial charge < -0.3 is 5.73 Å². The van der Waals surface area contributed by atoms with E-state index in [1.165, 1.54) is 4.90 Å². The number of hydrogen-bond acceptors (Lipinski definition) is 3. The summed E-state index contributed by atoms with van der Waals surface area (Å²) in [6.07, 6.45) is 0. The predicted molar refractivity (Wildman–Crippen MR) is 81.1 cm³/mol. The molecule has 0 saturated carbocycles. The lowest BCUT2D eigenvalue weighted by atomic mass is 10.3. The summed E-state index contributed by atoms with van der Waals surface area (Å²) in [6, 6.07) is 12.1. The van der Waals surface area contributed by atoms with Crippen molar-refractivity contribution in [2.75, 3.05) is 5.75 Å². The summed E-state index contributed by atoms with van der Waals surface area (Å²) in [7, 11) is 0. The van der Waals surface area contributed by atoms with Crippen LogP contribution in [0.1, 0.15) is 10.9 Å². The number of thioether (sulfide) groups is 1. The van der Waals surface area contributed by atoms with E-state index in [9.17, 15) is 0 Å². The fourth-order valence-corrected chi connectivity index (χ4v) is 4.07. The molecule has 0 aliphatic carbocycles. The molecule has 2 aromatic rings. The summed E-state index contributed by atoms with van der Waals surface area (Å²) >= 11 is 12.7. The second-order valence-corrected chi connectivity index (χ2v) is 7.15. The summed E-state index contributed by atoms with van der Waals surface area (Å²) in [5.41, 5.74) is 6.12. The van der Waals surface area contributed by atoms with E-state index in [1.807, 2.05) is 30.3 Å². The Kier molecular flexibility index (Phi) is 4.94. The van der Waals surface area contributed by atoms with Crippen LogP contribution in [0.4, 0.5) is 0 Å². The van der Waals surface area contributed by atoms with Crippen LogP contribution in [0.5, 0.6) is 0 Å². The SMILES string of the molecule is NC(CSc1ccccc1Br)c1ccc(Cl)s1. The van der Waals surface area contributed by atoms with Gasteiger partial charge in [-0.25, -0.2) is 0 Å². The molecule has 0 fully saturated rings. The third kappa shape index (κ3) is 3.73. The lowest BCUT2D eigenvalue weighted by molar-refractivity contribution is 0.852. The summed E-state index contributed by atoms with van der Waals surface area (Å²) in [4.78, 5) is 2.35. The molecule has 17 heavy (non-hydrogen) atoms. The number of hydrogen-bond donors (Lipinski definition) is 1. The third-order valence-electron chi connectivity index (χ3n) is 2.21. The molecule has 1 unspecified atom stereocenters. The Morgan fingerprint density at radius 1 is 1.29 bits per heavy atom. The number of rotatable bonds is 4. The molecule has 90 valence electrons. The van der Waals surface area contributed by atoms with E-state index in [4.69, 9.17) is 17.3 Å². The molecule has 5 heteroatoms. The van der Waals surface area contributed by atoms with Gasteiger partial charge in [-0.05, 0) is 40.2 Å². The first-order chi connectivity index (χ1) is 8.16. The van der Waals surface area contributed by atoms with Crippen molar-refractivity contribution in [3.05, 3.63) is 50.1 Å².